The summed E-state index contributed by atoms with van der Waals surface area (Å²) in [6.45, 7) is 2.37. The van der Waals surface area contributed by atoms with E-state index < -0.39 is 11.7 Å². The highest BCUT2D eigenvalue weighted by Gasteiger charge is 2.32. The normalized spacial score (nSPS) is 16.3. The lowest BCUT2D eigenvalue weighted by Crippen LogP contribution is -2.25. The smallest absolute Gasteiger partial charge is 0.373 e. The molecule has 0 bridgehead atoms. The molecule has 3 aromatic rings. The lowest BCUT2D eigenvalue weighted by Gasteiger charge is -2.23. The van der Waals surface area contributed by atoms with E-state index in [1.54, 1.807) is 24.0 Å². The number of alkyl halides is 3. The highest BCUT2D eigenvalue weighted by atomic mass is 19.4. The van der Waals surface area contributed by atoms with Crippen LogP contribution in [0.4, 0.5) is 19.0 Å². The fourth-order valence-corrected chi connectivity index (χ4v) is 3.49. The SMILES string of the molecule is CNc1ncccc1C1=NC[C@H](C)n2[nH]c(=O)c(-c3ccc(C(F)(F)F)cc3)c21. The van der Waals surface area contributed by atoms with Gasteiger partial charge < -0.3 is 5.32 Å². The van der Waals surface area contributed by atoms with Crippen LogP contribution in [0.1, 0.15) is 29.8 Å². The van der Waals surface area contributed by atoms with Crippen LogP contribution in [0, 0.1) is 0 Å². The number of nitrogens with zero attached hydrogens (tertiary/aromatic N) is 3. The molecule has 0 fully saturated rings. The molecule has 150 valence electrons. The van der Waals surface area contributed by atoms with Crippen molar-refractivity contribution in [3.63, 3.8) is 0 Å². The number of rotatable bonds is 3. The summed E-state index contributed by atoms with van der Waals surface area (Å²) in [6, 6.07) is 8.09. The zero-order valence-electron chi connectivity index (χ0n) is 15.7. The van der Waals surface area contributed by atoms with Gasteiger partial charge in [-0.3, -0.25) is 19.6 Å². The third kappa shape index (κ3) is 3.22. The van der Waals surface area contributed by atoms with Gasteiger partial charge in [0.05, 0.1) is 35.1 Å². The number of nitrogens with one attached hydrogen (secondary N) is 2. The Labute approximate surface area is 164 Å². The van der Waals surface area contributed by atoms with E-state index in [1.807, 2.05) is 13.0 Å². The van der Waals surface area contributed by atoms with E-state index >= 15 is 0 Å². The van der Waals surface area contributed by atoms with Crippen LogP contribution in [0.2, 0.25) is 0 Å². The number of pyridine rings is 1. The fourth-order valence-electron chi connectivity index (χ4n) is 3.49. The molecule has 1 aliphatic heterocycles. The van der Waals surface area contributed by atoms with Crippen molar-refractivity contribution < 1.29 is 13.2 Å². The molecule has 0 spiro atoms. The molecule has 0 aliphatic carbocycles. The zero-order chi connectivity index (χ0) is 20.8. The van der Waals surface area contributed by atoms with E-state index in [0.717, 1.165) is 12.1 Å². The van der Waals surface area contributed by atoms with Crippen molar-refractivity contribution >= 4 is 11.5 Å². The lowest BCUT2D eigenvalue weighted by atomic mass is 9.97. The van der Waals surface area contributed by atoms with E-state index in [0.29, 0.717) is 34.9 Å². The number of aromatic nitrogens is 3. The molecule has 9 heteroatoms. The summed E-state index contributed by atoms with van der Waals surface area (Å²) in [7, 11) is 1.73. The second-order valence-corrected chi connectivity index (χ2v) is 6.80. The molecule has 0 saturated carbocycles. The van der Waals surface area contributed by atoms with Gasteiger partial charge in [0.2, 0.25) is 0 Å². The second kappa shape index (κ2) is 6.91. The van der Waals surface area contributed by atoms with Crippen molar-refractivity contribution in [2.45, 2.75) is 19.1 Å². The summed E-state index contributed by atoms with van der Waals surface area (Å²) < 4.78 is 40.5. The number of hydrogen-bond acceptors (Lipinski definition) is 4. The second-order valence-electron chi connectivity index (χ2n) is 6.80. The number of halogens is 3. The molecule has 3 heterocycles. The quantitative estimate of drug-likeness (QED) is 0.703. The van der Waals surface area contributed by atoms with Gasteiger partial charge in [-0.05, 0) is 36.8 Å². The summed E-state index contributed by atoms with van der Waals surface area (Å²) in [4.78, 5) is 21.7. The Morgan fingerprint density at radius 2 is 1.93 bits per heavy atom. The Morgan fingerprint density at radius 1 is 1.21 bits per heavy atom. The van der Waals surface area contributed by atoms with Gasteiger partial charge in [-0.1, -0.05) is 12.1 Å². The summed E-state index contributed by atoms with van der Waals surface area (Å²) in [5.74, 6) is 0.597. The van der Waals surface area contributed by atoms with Crippen molar-refractivity contribution in [1.82, 2.24) is 14.8 Å². The van der Waals surface area contributed by atoms with Crippen molar-refractivity contribution in [2.75, 3.05) is 18.9 Å². The molecule has 4 rings (SSSR count). The molecule has 1 aliphatic rings. The third-order valence-corrected chi connectivity index (χ3v) is 4.91. The van der Waals surface area contributed by atoms with Crippen molar-refractivity contribution in [3.05, 3.63) is 69.8 Å². The van der Waals surface area contributed by atoms with Crippen LogP contribution in [0.5, 0.6) is 0 Å². The molecular formula is C20H18F3N5O. The van der Waals surface area contributed by atoms with Crippen LogP contribution < -0.4 is 10.9 Å². The minimum Gasteiger partial charge on any atom is -0.373 e. The van der Waals surface area contributed by atoms with Gasteiger partial charge in [-0.15, -0.1) is 0 Å². The van der Waals surface area contributed by atoms with Crippen LogP contribution in [0.3, 0.4) is 0 Å². The number of aromatic amines is 1. The fraction of sp³-hybridized carbons (Fsp3) is 0.250. The first-order chi connectivity index (χ1) is 13.8. The van der Waals surface area contributed by atoms with Gasteiger partial charge in [0, 0.05) is 18.8 Å². The Kier molecular flexibility index (Phi) is 4.52. The molecular weight excluding hydrogens is 383 g/mol. The van der Waals surface area contributed by atoms with Crippen LogP contribution >= 0.6 is 0 Å². The maximum atomic E-state index is 12.9. The van der Waals surface area contributed by atoms with Gasteiger partial charge in [0.15, 0.2) is 0 Å². The average molecular weight is 401 g/mol. The van der Waals surface area contributed by atoms with Gasteiger partial charge in [-0.2, -0.15) is 13.2 Å². The van der Waals surface area contributed by atoms with Gasteiger partial charge in [0.1, 0.15) is 5.82 Å². The summed E-state index contributed by atoms with van der Waals surface area (Å²) >= 11 is 0. The van der Waals surface area contributed by atoms with Gasteiger partial charge in [0.25, 0.3) is 5.56 Å². The maximum absolute atomic E-state index is 12.9. The Hall–Kier alpha value is -3.36. The zero-order valence-corrected chi connectivity index (χ0v) is 15.7. The number of fused-ring (bicyclic) bond motifs is 1. The van der Waals surface area contributed by atoms with Crippen molar-refractivity contribution in [3.8, 4) is 11.1 Å². The standard InChI is InChI=1S/C20H18F3N5O/c1-11-10-26-16(14-4-3-9-25-18(14)24-2)17-15(19(29)27-28(11)17)12-5-7-13(8-6-12)20(21,22)23/h3-9,11H,10H2,1-2H3,(H,24,25)(H,27,29)/t11-/m0/s1. The maximum Gasteiger partial charge on any atom is 0.416 e. The van der Waals surface area contributed by atoms with Crippen LogP contribution in [-0.2, 0) is 6.18 Å². The van der Waals surface area contributed by atoms with Crippen molar-refractivity contribution in [1.29, 1.82) is 0 Å². The predicted molar refractivity (Wildman–Crippen MR) is 104 cm³/mol. The molecule has 0 amide bonds. The van der Waals surface area contributed by atoms with E-state index in [9.17, 15) is 18.0 Å². The number of benzene rings is 1. The first-order valence-electron chi connectivity index (χ1n) is 9.01. The van der Waals surface area contributed by atoms with Crippen LogP contribution in [-0.4, -0.2) is 34.1 Å². The van der Waals surface area contributed by atoms with Crippen LogP contribution in [0.25, 0.3) is 11.1 Å². The first-order valence-corrected chi connectivity index (χ1v) is 9.01. The topological polar surface area (TPSA) is 75.1 Å². The average Bonchev–Trinajstić information content (AvgIpc) is 3.05. The summed E-state index contributed by atoms with van der Waals surface area (Å²) in [5.41, 5.74) is 1.35. The molecule has 29 heavy (non-hydrogen) atoms. The highest BCUT2D eigenvalue weighted by molar-refractivity contribution is 6.17. The minimum absolute atomic E-state index is 0.0978. The largest absolute Gasteiger partial charge is 0.416 e. The lowest BCUT2D eigenvalue weighted by molar-refractivity contribution is -0.137. The highest BCUT2D eigenvalue weighted by Crippen LogP contribution is 2.33. The summed E-state index contributed by atoms with van der Waals surface area (Å²) in [5, 5.41) is 5.82. The monoisotopic (exact) mass is 401 g/mol. The molecule has 0 unspecified atom stereocenters. The van der Waals surface area contributed by atoms with Crippen molar-refractivity contribution in [2.24, 2.45) is 4.99 Å². The number of hydrogen-bond donors (Lipinski definition) is 2. The third-order valence-electron chi connectivity index (χ3n) is 4.91. The molecule has 6 nitrogen and oxygen atoms in total. The van der Waals surface area contributed by atoms with Crippen LogP contribution in [0.15, 0.2) is 52.4 Å². The summed E-state index contributed by atoms with van der Waals surface area (Å²) in [6.07, 6.45) is -2.80. The molecule has 0 saturated heterocycles. The number of anilines is 1. The molecule has 1 aromatic carbocycles. The molecule has 1 atom stereocenters. The van der Waals surface area contributed by atoms with E-state index in [1.165, 1.54) is 12.1 Å². The minimum atomic E-state index is -4.44. The van der Waals surface area contributed by atoms with E-state index in [-0.39, 0.29) is 17.2 Å². The number of aliphatic imine (C=N–C) groups is 1. The molecule has 2 aromatic heterocycles. The van der Waals surface area contributed by atoms with E-state index in [2.05, 4.69) is 20.4 Å². The first kappa shape index (κ1) is 19.0. The Morgan fingerprint density at radius 3 is 2.59 bits per heavy atom. The predicted octanol–water partition coefficient (Wildman–Crippen LogP) is 3.71. The molecule has 0 radical (unpaired) electrons. The van der Waals surface area contributed by atoms with Gasteiger partial charge in [-0.25, -0.2) is 4.98 Å². The number of H-pyrrole nitrogens is 1. The Bertz CT molecular complexity index is 1140. The molecule has 2 N–H and O–H groups in total. The Balaban J connectivity index is 1.92. The van der Waals surface area contributed by atoms with E-state index in [4.69, 9.17) is 0 Å². The van der Waals surface area contributed by atoms with Gasteiger partial charge >= 0.3 is 6.18 Å².